The maximum Gasteiger partial charge on any atom is 0.322 e. The van der Waals surface area contributed by atoms with Gasteiger partial charge in [0.05, 0.1) is 5.38 Å². The molecule has 31 heavy (non-hydrogen) atoms. The molecule has 0 aromatic carbocycles. The van der Waals surface area contributed by atoms with E-state index in [4.69, 9.17) is 11.6 Å². The molecular weight excluding hydrogens is 415 g/mol. The SMILES string of the molecule is CC1C(N(CCCN2CCN(C)CC2)C(=O)NC2=C/C(Cl)C=C(F)C/C=C\2)CC[C@@H]1C. The van der Waals surface area contributed by atoms with Crippen molar-refractivity contribution < 1.29 is 9.18 Å². The van der Waals surface area contributed by atoms with Crippen molar-refractivity contribution in [3.8, 4) is 0 Å². The average molecular weight is 453 g/mol. The lowest BCUT2D eigenvalue weighted by Gasteiger charge is -2.35. The molecule has 0 radical (unpaired) electrons. The summed E-state index contributed by atoms with van der Waals surface area (Å²) in [5, 5.41) is 2.47. The maximum absolute atomic E-state index is 13.6. The smallest absolute Gasteiger partial charge is 0.321 e. The van der Waals surface area contributed by atoms with Crippen LogP contribution < -0.4 is 5.32 Å². The minimum absolute atomic E-state index is 0.0749. The second kappa shape index (κ2) is 11.5. The third-order valence-electron chi connectivity index (χ3n) is 7.09. The molecule has 0 aromatic heterocycles. The lowest BCUT2D eigenvalue weighted by Crippen LogP contribution is -2.49. The fourth-order valence-corrected chi connectivity index (χ4v) is 5.10. The molecule has 3 rings (SSSR count). The third-order valence-corrected chi connectivity index (χ3v) is 7.35. The number of carbonyl (C=O) groups is 1. The number of allylic oxidation sites excluding steroid dienone is 5. The van der Waals surface area contributed by atoms with Gasteiger partial charge in [-0.25, -0.2) is 9.18 Å². The number of likely N-dealkylation sites (N-methyl/N-ethyl adjacent to an activating group) is 1. The number of hydrogen-bond acceptors (Lipinski definition) is 3. The summed E-state index contributed by atoms with van der Waals surface area (Å²) >= 11 is 6.19. The summed E-state index contributed by atoms with van der Waals surface area (Å²) in [5.74, 6) is 0.852. The summed E-state index contributed by atoms with van der Waals surface area (Å²) in [6.45, 7) is 10.7. The van der Waals surface area contributed by atoms with E-state index in [2.05, 4.69) is 36.0 Å². The van der Waals surface area contributed by atoms with Crippen molar-refractivity contribution in [1.29, 1.82) is 0 Å². The summed E-state index contributed by atoms with van der Waals surface area (Å²) < 4.78 is 13.6. The van der Waals surface area contributed by atoms with Crippen molar-refractivity contribution >= 4 is 17.6 Å². The number of nitrogens with zero attached hydrogens (tertiary/aromatic N) is 3. The number of halogens is 2. The Bertz CT molecular complexity index is 702. The topological polar surface area (TPSA) is 38.8 Å². The van der Waals surface area contributed by atoms with Gasteiger partial charge in [0.1, 0.15) is 5.83 Å². The number of amides is 2. The second-order valence-corrected chi connectivity index (χ2v) is 9.89. The number of nitrogens with one attached hydrogen (secondary N) is 1. The molecule has 5 nitrogen and oxygen atoms in total. The van der Waals surface area contributed by atoms with Crippen LogP contribution in [0.25, 0.3) is 0 Å². The first kappa shape index (κ1) is 24.3. The zero-order valence-corrected chi connectivity index (χ0v) is 20.0. The number of rotatable bonds is 6. The molecule has 0 spiro atoms. The number of hydrogen-bond donors (Lipinski definition) is 1. The van der Waals surface area contributed by atoms with E-state index in [0.717, 1.165) is 58.5 Å². The summed E-state index contributed by atoms with van der Waals surface area (Å²) in [5.41, 5.74) is 0.636. The van der Waals surface area contributed by atoms with Crippen molar-refractivity contribution in [3.63, 3.8) is 0 Å². The van der Waals surface area contributed by atoms with E-state index in [-0.39, 0.29) is 24.3 Å². The second-order valence-electron chi connectivity index (χ2n) is 9.39. The first-order valence-corrected chi connectivity index (χ1v) is 12.1. The number of urea groups is 1. The molecule has 1 heterocycles. The van der Waals surface area contributed by atoms with Crippen LogP contribution in [0.4, 0.5) is 9.18 Å². The normalized spacial score (nSPS) is 33.1. The number of alkyl halides is 1. The molecule has 1 aliphatic heterocycles. The molecule has 174 valence electrons. The highest BCUT2D eigenvalue weighted by atomic mass is 35.5. The molecule has 7 heteroatoms. The molecule has 4 atom stereocenters. The largest absolute Gasteiger partial charge is 0.322 e. The lowest BCUT2D eigenvalue weighted by atomic mass is 9.97. The van der Waals surface area contributed by atoms with Crippen LogP contribution in [0, 0.1) is 11.8 Å². The molecule has 2 aliphatic carbocycles. The molecule has 2 amide bonds. The predicted octanol–water partition coefficient (Wildman–Crippen LogP) is 4.37. The fraction of sp³-hybridized carbons (Fsp3) is 0.708. The van der Waals surface area contributed by atoms with Crippen LogP contribution in [0.5, 0.6) is 0 Å². The lowest BCUT2D eigenvalue weighted by molar-refractivity contribution is 0.133. The minimum Gasteiger partial charge on any atom is -0.321 e. The van der Waals surface area contributed by atoms with Gasteiger partial charge in [0.2, 0.25) is 0 Å². The highest BCUT2D eigenvalue weighted by molar-refractivity contribution is 6.23. The highest BCUT2D eigenvalue weighted by Gasteiger charge is 2.36. The van der Waals surface area contributed by atoms with Gasteiger partial charge in [-0.3, -0.25) is 0 Å². The van der Waals surface area contributed by atoms with Crippen molar-refractivity contribution in [3.05, 3.63) is 35.8 Å². The average Bonchev–Trinajstić information content (AvgIpc) is 3.03. The molecule has 1 saturated carbocycles. The number of piperazine rings is 1. The molecule has 2 fully saturated rings. The Morgan fingerprint density at radius 1 is 1.23 bits per heavy atom. The third kappa shape index (κ3) is 7.06. The molecule has 1 N–H and O–H groups in total. The zero-order chi connectivity index (χ0) is 22.4. The quantitative estimate of drug-likeness (QED) is 0.608. The Hall–Kier alpha value is -1.37. The Morgan fingerprint density at radius 2 is 1.97 bits per heavy atom. The van der Waals surface area contributed by atoms with Gasteiger partial charge < -0.3 is 20.0 Å². The van der Waals surface area contributed by atoms with Gasteiger partial charge in [0.15, 0.2) is 0 Å². The van der Waals surface area contributed by atoms with Crippen LogP contribution >= 0.6 is 11.6 Å². The van der Waals surface area contributed by atoms with E-state index in [1.807, 2.05) is 4.90 Å². The van der Waals surface area contributed by atoms with Crippen LogP contribution in [-0.2, 0) is 0 Å². The van der Waals surface area contributed by atoms with E-state index in [1.54, 1.807) is 18.2 Å². The minimum atomic E-state index is -0.573. The van der Waals surface area contributed by atoms with Crippen molar-refractivity contribution in [2.75, 3.05) is 46.3 Å². The summed E-state index contributed by atoms with van der Waals surface area (Å²) in [4.78, 5) is 20.2. The van der Waals surface area contributed by atoms with E-state index < -0.39 is 5.38 Å². The van der Waals surface area contributed by atoms with Crippen LogP contribution in [0.15, 0.2) is 35.8 Å². The molecular formula is C24H38ClFN4O. The molecule has 3 aliphatic rings. The van der Waals surface area contributed by atoms with E-state index in [9.17, 15) is 9.18 Å². The van der Waals surface area contributed by atoms with Gasteiger partial charge in [0, 0.05) is 50.9 Å². The maximum atomic E-state index is 13.6. The highest BCUT2D eigenvalue weighted by Crippen LogP contribution is 2.35. The van der Waals surface area contributed by atoms with Gasteiger partial charge in [0.25, 0.3) is 0 Å². The molecule has 1 saturated heterocycles. The van der Waals surface area contributed by atoms with Gasteiger partial charge in [-0.2, -0.15) is 0 Å². The van der Waals surface area contributed by atoms with E-state index >= 15 is 0 Å². The van der Waals surface area contributed by atoms with Crippen molar-refractivity contribution in [2.24, 2.45) is 11.8 Å². The van der Waals surface area contributed by atoms with Gasteiger partial charge >= 0.3 is 6.03 Å². The predicted molar refractivity (Wildman–Crippen MR) is 126 cm³/mol. The molecule has 3 unspecified atom stereocenters. The monoisotopic (exact) mass is 452 g/mol. The van der Waals surface area contributed by atoms with Gasteiger partial charge in [-0.15, -0.1) is 11.6 Å². The van der Waals surface area contributed by atoms with Crippen molar-refractivity contribution in [1.82, 2.24) is 20.0 Å². The Morgan fingerprint density at radius 3 is 2.65 bits per heavy atom. The first-order valence-electron chi connectivity index (χ1n) is 11.7. The van der Waals surface area contributed by atoms with E-state index in [0.29, 0.717) is 17.5 Å². The van der Waals surface area contributed by atoms with Gasteiger partial charge in [-0.05, 0) is 62.9 Å². The summed E-state index contributed by atoms with van der Waals surface area (Å²) in [6, 6.07) is 0.180. The van der Waals surface area contributed by atoms with Crippen molar-refractivity contribution in [2.45, 2.75) is 50.9 Å². The molecule has 0 aromatic rings. The Balaban J connectivity index is 1.63. The number of carbonyl (C=O) groups excluding carboxylic acids is 1. The fourth-order valence-electron chi connectivity index (χ4n) is 4.83. The van der Waals surface area contributed by atoms with Crippen LogP contribution in [-0.4, -0.2) is 78.5 Å². The van der Waals surface area contributed by atoms with Crippen LogP contribution in [0.1, 0.15) is 39.5 Å². The first-order chi connectivity index (χ1) is 14.8. The van der Waals surface area contributed by atoms with Crippen LogP contribution in [0.2, 0.25) is 0 Å². The summed E-state index contributed by atoms with van der Waals surface area (Å²) in [6.07, 6.45) is 9.92. The Labute approximate surface area is 192 Å². The van der Waals surface area contributed by atoms with E-state index in [1.165, 1.54) is 6.08 Å². The standard InChI is InChI=1S/C24H38ClFN4O/c1-18-8-9-23(19(18)2)30(11-5-10-29-14-12-28(3)13-15-29)24(31)27-22-7-4-6-21(26)16-20(25)17-22/h4,7,16-20,23H,5-6,8-15H2,1-3H3,(H,27,31)/b7-4-,21-16?,22-17+/t18-,19?,20?,23?/m0/s1. The van der Waals surface area contributed by atoms with Crippen LogP contribution in [0.3, 0.4) is 0 Å². The summed E-state index contributed by atoms with van der Waals surface area (Å²) in [7, 11) is 2.17. The molecule has 0 bridgehead atoms. The zero-order valence-electron chi connectivity index (χ0n) is 19.2. The Kier molecular flexibility index (Phi) is 8.99. The van der Waals surface area contributed by atoms with Gasteiger partial charge in [-0.1, -0.05) is 19.9 Å².